The Bertz CT molecular complexity index is 381. The predicted molar refractivity (Wildman–Crippen MR) is 70.6 cm³/mol. The molecule has 1 aromatic carbocycles. The Labute approximate surface area is 108 Å². The van der Waals surface area contributed by atoms with Crippen LogP contribution in [-0.2, 0) is 4.79 Å². The van der Waals surface area contributed by atoms with Crippen LogP contribution in [0.25, 0.3) is 0 Å². The van der Waals surface area contributed by atoms with Gasteiger partial charge in [0.1, 0.15) is 5.75 Å². The molecule has 1 aliphatic rings. The van der Waals surface area contributed by atoms with Crippen LogP contribution in [0.15, 0.2) is 30.3 Å². The summed E-state index contributed by atoms with van der Waals surface area (Å²) in [4.78, 5) is 13.9. The van der Waals surface area contributed by atoms with Gasteiger partial charge in [-0.2, -0.15) is 0 Å². The summed E-state index contributed by atoms with van der Waals surface area (Å²) in [6.07, 6.45) is 2.38. The van der Waals surface area contributed by atoms with E-state index in [1.54, 1.807) is 0 Å². The van der Waals surface area contributed by atoms with Crippen LogP contribution in [0.3, 0.4) is 0 Å². The second kappa shape index (κ2) is 6.40. The molecule has 4 heteroatoms. The summed E-state index contributed by atoms with van der Waals surface area (Å²) in [5.41, 5.74) is 0. The average molecular weight is 248 g/mol. The van der Waals surface area contributed by atoms with Crippen LogP contribution < -0.4 is 10.1 Å². The number of nitrogens with zero attached hydrogens (tertiary/aromatic N) is 1. The third kappa shape index (κ3) is 3.74. The van der Waals surface area contributed by atoms with Gasteiger partial charge < -0.3 is 15.0 Å². The summed E-state index contributed by atoms with van der Waals surface area (Å²) in [6, 6.07) is 9.87. The minimum atomic E-state index is -0.0563. The summed E-state index contributed by atoms with van der Waals surface area (Å²) in [6.45, 7) is 1.93. The van der Waals surface area contributed by atoms with Crippen molar-refractivity contribution in [3.63, 3.8) is 0 Å². The molecule has 2 rings (SSSR count). The number of carbonyl (C=O) groups is 1. The van der Waals surface area contributed by atoms with Crippen molar-refractivity contribution in [2.45, 2.75) is 18.9 Å². The van der Waals surface area contributed by atoms with E-state index in [4.69, 9.17) is 4.74 Å². The van der Waals surface area contributed by atoms with E-state index in [9.17, 15) is 4.79 Å². The van der Waals surface area contributed by atoms with Crippen molar-refractivity contribution in [3.8, 4) is 5.75 Å². The maximum Gasteiger partial charge on any atom is 0.257 e. The molecule has 1 saturated heterocycles. The molecule has 1 amide bonds. The Morgan fingerprint density at radius 2 is 2.22 bits per heavy atom. The molecule has 0 aromatic heterocycles. The van der Waals surface area contributed by atoms with Crippen LogP contribution in [-0.4, -0.2) is 43.6 Å². The summed E-state index contributed by atoms with van der Waals surface area (Å²) in [7, 11) is 2.10. The fraction of sp³-hybridized carbons (Fsp3) is 0.500. The molecule has 1 fully saturated rings. The highest BCUT2D eigenvalue weighted by Crippen LogP contribution is 2.13. The fourth-order valence-electron chi connectivity index (χ4n) is 2.19. The second-order valence-electron chi connectivity index (χ2n) is 4.68. The van der Waals surface area contributed by atoms with Crippen molar-refractivity contribution in [2.75, 3.05) is 26.7 Å². The normalized spacial score (nSPS) is 19.7. The van der Waals surface area contributed by atoms with E-state index >= 15 is 0 Å². The number of hydrogen-bond donors (Lipinski definition) is 1. The SMILES string of the molecule is CN1CCCC1CNC(=O)COc1ccccc1. The van der Waals surface area contributed by atoms with Crippen molar-refractivity contribution in [1.29, 1.82) is 0 Å². The van der Waals surface area contributed by atoms with Gasteiger partial charge in [0.2, 0.25) is 0 Å². The summed E-state index contributed by atoms with van der Waals surface area (Å²) < 4.78 is 5.38. The lowest BCUT2D eigenvalue weighted by Crippen LogP contribution is -2.40. The molecule has 1 aromatic rings. The molecule has 0 bridgehead atoms. The van der Waals surface area contributed by atoms with Crippen molar-refractivity contribution in [3.05, 3.63) is 30.3 Å². The van der Waals surface area contributed by atoms with Gasteiger partial charge in [0, 0.05) is 12.6 Å². The number of amides is 1. The first-order valence-electron chi connectivity index (χ1n) is 6.40. The number of likely N-dealkylation sites (N-methyl/N-ethyl adjacent to an activating group) is 1. The van der Waals surface area contributed by atoms with Gasteiger partial charge in [0.25, 0.3) is 5.91 Å². The number of rotatable bonds is 5. The maximum atomic E-state index is 11.6. The number of benzene rings is 1. The summed E-state index contributed by atoms with van der Waals surface area (Å²) in [5, 5.41) is 2.92. The lowest BCUT2D eigenvalue weighted by Gasteiger charge is -2.19. The van der Waals surface area contributed by atoms with Crippen LogP contribution in [0.4, 0.5) is 0 Å². The number of para-hydroxylation sites is 1. The lowest BCUT2D eigenvalue weighted by molar-refractivity contribution is -0.123. The highest BCUT2D eigenvalue weighted by Gasteiger charge is 2.20. The topological polar surface area (TPSA) is 41.6 Å². The average Bonchev–Trinajstić information content (AvgIpc) is 2.81. The smallest absolute Gasteiger partial charge is 0.257 e. The van der Waals surface area contributed by atoms with Gasteiger partial charge >= 0.3 is 0 Å². The van der Waals surface area contributed by atoms with Crippen molar-refractivity contribution in [1.82, 2.24) is 10.2 Å². The van der Waals surface area contributed by atoms with Crippen LogP contribution in [0.1, 0.15) is 12.8 Å². The molecule has 4 nitrogen and oxygen atoms in total. The zero-order valence-corrected chi connectivity index (χ0v) is 10.8. The molecule has 1 aliphatic heterocycles. The van der Waals surface area contributed by atoms with Crippen molar-refractivity contribution >= 4 is 5.91 Å². The lowest BCUT2D eigenvalue weighted by atomic mass is 10.2. The number of carbonyl (C=O) groups excluding carboxylic acids is 1. The minimum Gasteiger partial charge on any atom is -0.484 e. The quantitative estimate of drug-likeness (QED) is 0.853. The second-order valence-corrected chi connectivity index (χ2v) is 4.68. The maximum absolute atomic E-state index is 11.6. The van der Waals surface area contributed by atoms with Gasteiger partial charge in [-0.05, 0) is 38.6 Å². The van der Waals surface area contributed by atoms with Crippen LogP contribution in [0, 0.1) is 0 Å². The van der Waals surface area contributed by atoms with Gasteiger partial charge in [0.05, 0.1) is 0 Å². The van der Waals surface area contributed by atoms with Crippen molar-refractivity contribution < 1.29 is 9.53 Å². The Morgan fingerprint density at radius 3 is 2.89 bits per heavy atom. The third-order valence-electron chi connectivity index (χ3n) is 3.32. The molecule has 0 radical (unpaired) electrons. The molecule has 0 aliphatic carbocycles. The van der Waals surface area contributed by atoms with E-state index in [1.807, 2.05) is 30.3 Å². The monoisotopic (exact) mass is 248 g/mol. The Kier molecular flexibility index (Phi) is 4.59. The molecular formula is C14H20N2O2. The first-order valence-corrected chi connectivity index (χ1v) is 6.40. The molecule has 1 unspecified atom stereocenters. The number of hydrogen-bond acceptors (Lipinski definition) is 3. The van der Waals surface area contributed by atoms with Gasteiger partial charge in [-0.25, -0.2) is 0 Å². The number of ether oxygens (including phenoxy) is 1. The highest BCUT2D eigenvalue weighted by atomic mass is 16.5. The van der Waals surface area contributed by atoms with Gasteiger partial charge in [0.15, 0.2) is 6.61 Å². The first-order chi connectivity index (χ1) is 8.75. The van der Waals surface area contributed by atoms with E-state index in [-0.39, 0.29) is 12.5 Å². The zero-order chi connectivity index (χ0) is 12.8. The fourth-order valence-corrected chi connectivity index (χ4v) is 2.19. The zero-order valence-electron chi connectivity index (χ0n) is 10.8. The summed E-state index contributed by atoms with van der Waals surface area (Å²) in [5.74, 6) is 0.671. The minimum absolute atomic E-state index is 0.0563. The van der Waals surface area contributed by atoms with Crippen LogP contribution in [0.2, 0.25) is 0 Å². The van der Waals surface area contributed by atoms with E-state index < -0.39 is 0 Å². The predicted octanol–water partition coefficient (Wildman–Crippen LogP) is 1.28. The Balaban J connectivity index is 1.66. The largest absolute Gasteiger partial charge is 0.484 e. The summed E-state index contributed by atoms with van der Waals surface area (Å²) >= 11 is 0. The number of likely N-dealkylation sites (tertiary alicyclic amines) is 1. The molecule has 1 atom stereocenters. The van der Waals surface area contributed by atoms with E-state index in [2.05, 4.69) is 17.3 Å². The molecule has 0 spiro atoms. The number of nitrogens with one attached hydrogen (secondary N) is 1. The first kappa shape index (κ1) is 12.9. The molecule has 0 saturated carbocycles. The van der Waals surface area contributed by atoms with E-state index in [0.717, 1.165) is 18.7 Å². The standard InChI is InChI=1S/C14H20N2O2/c1-16-9-5-6-12(16)10-15-14(17)11-18-13-7-3-2-4-8-13/h2-4,7-8,12H,5-6,9-11H2,1H3,(H,15,17). The van der Waals surface area contributed by atoms with E-state index in [1.165, 1.54) is 6.42 Å². The molecule has 98 valence electrons. The van der Waals surface area contributed by atoms with Crippen LogP contribution in [0.5, 0.6) is 5.75 Å². The molecule has 1 heterocycles. The Hall–Kier alpha value is -1.55. The third-order valence-corrected chi connectivity index (χ3v) is 3.32. The Morgan fingerprint density at radius 1 is 1.44 bits per heavy atom. The highest BCUT2D eigenvalue weighted by molar-refractivity contribution is 5.77. The van der Waals surface area contributed by atoms with Crippen LogP contribution >= 0.6 is 0 Å². The molecular weight excluding hydrogens is 228 g/mol. The van der Waals surface area contributed by atoms with Gasteiger partial charge in [-0.15, -0.1) is 0 Å². The molecule has 1 N–H and O–H groups in total. The van der Waals surface area contributed by atoms with Crippen molar-refractivity contribution in [2.24, 2.45) is 0 Å². The van der Waals surface area contributed by atoms with E-state index in [0.29, 0.717) is 12.6 Å². The molecule has 18 heavy (non-hydrogen) atoms. The van der Waals surface area contributed by atoms with Gasteiger partial charge in [-0.3, -0.25) is 4.79 Å². The van der Waals surface area contributed by atoms with Gasteiger partial charge in [-0.1, -0.05) is 18.2 Å².